The van der Waals surface area contributed by atoms with E-state index in [1.54, 1.807) is 12.1 Å². The molecule has 0 spiro atoms. The first-order valence-electron chi connectivity index (χ1n) is 7.35. The van der Waals surface area contributed by atoms with E-state index in [0.29, 0.717) is 30.6 Å². The van der Waals surface area contributed by atoms with Crippen molar-refractivity contribution in [2.45, 2.75) is 45.1 Å². The molecule has 0 bridgehead atoms. The third kappa shape index (κ3) is 4.20. The molecule has 1 heterocycles. The number of nitrogens with one attached hydrogen (secondary N) is 1. The summed E-state index contributed by atoms with van der Waals surface area (Å²) < 4.78 is 5.71. The number of hydrogen-bond donors (Lipinski definition) is 2. The Morgan fingerprint density at radius 1 is 1.45 bits per heavy atom. The van der Waals surface area contributed by atoms with Crippen LogP contribution in [0.25, 0.3) is 0 Å². The molecule has 5 nitrogen and oxygen atoms in total. The number of rotatable bonds is 6. The molecular weight excluding hydrogens is 254 g/mol. The van der Waals surface area contributed by atoms with Crippen LogP contribution in [0.1, 0.15) is 48.7 Å². The number of carbonyl (C=O) groups excluding carboxylic acids is 1. The Morgan fingerprint density at radius 3 is 2.90 bits per heavy atom. The number of aromatic nitrogens is 1. The minimum Gasteiger partial charge on any atom is -0.384 e. The molecule has 0 saturated heterocycles. The first kappa shape index (κ1) is 14.8. The van der Waals surface area contributed by atoms with Crippen molar-refractivity contribution < 1.29 is 9.53 Å². The number of nitrogen functional groups attached to an aromatic ring is 1. The van der Waals surface area contributed by atoms with Gasteiger partial charge in [-0.15, -0.1) is 0 Å². The molecule has 1 saturated carbocycles. The number of carbonyl (C=O) groups is 1. The SMILES string of the molecule is CCc1cc(C(=O)NCCOC2CCCC2)cc(N)n1. The lowest BCUT2D eigenvalue weighted by atomic mass is 10.2. The zero-order valence-electron chi connectivity index (χ0n) is 12.0. The van der Waals surface area contributed by atoms with Crippen LogP contribution in [-0.2, 0) is 11.2 Å². The predicted octanol–water partition coefficient (Wildman–Crippen LogP) is 1.92. The summed E-state index contributed by atoms with van der Waals surface area (Å²) in [5.74, 6) is 0.264. The highest BCUT2D eigenvalue weighted by molar-refractivity contribution is 5.94. The molecule has 2 rings (SSSR count). The van der Waals surface area contributed by atoms with E-state index in [1.807, 2.05) is 6.92 Å². The second kappa shape index (κ2) is 7.24. The zero-order chi connectivity index (χ0) is 14.4. The van der Waals surface area contributed by atoms with Gasteiger partial charge in [0.05, 0.1) is 12.7 Å². The molecule has 0 radical (unpaired) electrons. The Kier molecular flexibility index (Phi) is 5.35. The molecule has 0 aliphatic heterocycles. The lowest BCUT2D eigenvalue weighted by Gasteiger charge is -2.11. The number of anilines is 1. The van der Waals surface area contributed by atoms with Crippen LogP contribution in [-0.4, -0.2) is 30.1 Å². The summed E-state index contributed by atoms with van der Waals surface area (Å²) in [5, 5.41) is 2.85. The van der Waals surface area contributed by atoms with Crippen LogP contribution in [0.2, 0.25) is 0 Å². The topological polar surface area (TPSA) is 77.2 Å². The van der Waals surface area contributed by atoms with Gasteiger partial charge in [0.2, 0.25) is 0 Å². The second-order valence-corrected chi connectivity index (χ2v) is 5.16. The Morgan fingerprint density at radius 2 is 2.20 bits per heavy atom. The fourth-order valence-electron chi connectivity index (χ4n) is 2.47. The fraction of sp³-hybridized carbons (Fsp3) is 0.600. The van der Waals surface area contributed by atoms with E-state index in [1.165, 1.54) is 12.8 Å². The van der Waals surface area contributed by atoms with Crippen molar-refractivity contribution in [1.82, 2.24) is 10.3 Å². The maximum atomic E-state index is 12.0. The van der Waals surface area contributed by atoms with Crippen LogP contribution < -0.4 is 11.1 Å². The van der Waals surface area contributed by atoms with E-state index in [0.717, 1.165) is 25.0 Å². The molecule has 1 amide bonds. The standard InChI is InChI=1S/C15H23N3O2/c1-2-12-9-11(10-14(16)18-12)15(19)17-7-8-20-13-5-3-4-6-13/h9-10,13H,2-8H2,1H3,(H2,16,18)(H,17,19). The first-order chi connectivity index (χ1) is 9.69. The van der Waals surface area contributed by atoms with Crippen molar-refractivity contribution >= 4 is 11.7 Å². The van der Waals surface area contributed by atoms with E-state index < -0.39 is 0 Å². The lowest BCUT2D eigenvalue weighted by molar-refractivity contribution is 0.0582. The average Bonchev–Trinajstić information content (AvgIpc) is 2.95. The summed E-state index contributed by atoms with van der Waals surface area (Å²) in [6.45, 7) is 3.08. The van der Waals surface area contributed by atoms with Crippen molar-refractivity contribution in [3.8, 4) is 0 Å². The molecule has 5 heteroatoms. The largest absolute Gasteiger partial charge is 0.384 e. The minimum atomic E-state index is -0.121. The number of pyridine rings is 1. The third-order valence-electron chi connectivity index (χ3n) is 3.57. The molecule has 1 aliphatic carbocycles. The van der Waals surface area contributed by atoms with Crippen LogP contribution in [0.3, 0.4) is 0 Å². The molecule has 20 heavy (non-hydrogen) atoms. The molecule has 1 aromatic rings. The van der Waals surface area contributed by atoms with Gasteiger partial charge in [-0.2, -0.15) is 0 Å². The van der Waals surface area contributed by atoms with Crippen molar-refractivity contribution in [2.75, 3.05) is 18.9 Å². The number of ether oxygens (including phenoxy) is 1. The molecule has 1 aliphatic rings. The summed E-state index contributed by atoms with van der Waals surface area (Å²) in [5.41, 5.74) is 7.09. The quantitative estimate of drug-likeness (QED) is 0.779. The summed E-state index contributed by atoms with van der Waals surface area (Å²) in [7, 11) is 0. The highest BCUT2D eigenvalue weighted by atomic mass is 16.5. The van der Waals surface area contributed by atoms with E-state index in [-0.39, 0.29) is 5.91 Å². The Balaban J connectivity index is 1.77. The van der Waals surface area contributed by atoms with E-state index in [4.69, 9.17) is 10.5 Å². The van der Waals surface area contributed by atoms with Gasteiger partial charge in [0, 0.05) is 17.8 Å². The summed E-state index contributed by atoms with van der Waals surface area (Å²) in [6, 6.07) is 3.38. The number of nitrogens with zero attached hydrogens (tertiary/aromatic N) is 1. The highest BCUT2D eigenvalue weighted by Gasteiger charge is 2.15. The predicted molar refractivity (Wildman–Crippen MR) is 78.6 cm³/mol. The maximum Gasteiger partial charge on any atom is 0.251 e. The summed E-state index contributed by atoms with van der Waals surface area (Å²) in [4.78, 5) is 16.2. The van der Waals surface area contributed by atoms with Gasteiger partial charge in [-0.25, -0.2) is 4.98 Å². The smallest absolute Gasteiger partial charge is 0.251 e. The van der Waals surface area contributed by atoms with E-state index in [2.05, 4.69) is 10.3 Å². The number of nitrogens with two attached hydrogens (primary N) is 1. The molecule has 0 aromatic carbocycles. The van der Waals surface area contributed by atoms with Crippen LogP contribution >= 0.6 is 0 Å². The van der Waals surface area contributed by atoms with Gasteiger partial charge in [0.25, 0.3) is 5.91 Å². The van der Waals surface area contributed by atoms with Gasteiger partial charge in [-0.05, 0) is 31.4 Å². The van der Waals surface area contributed by atoms with Gasteiger partial charge >= 0.3 is 0 Å². The maximum absolute atomic E-state index is 12.0. The van der Waals surface area contributed by atoms with Crippen molar-refractivity contribution in [3.05, 3.63) is 23.4 Å². The lowest BCUT2D eigenvalue weighted by Crippen LogP contribution is -2.28. The molecular formula is C15H23N3O2. The van der Waals surface area contributed by atoms with Crippen LogP contribution in [0, 0.1) is 0 Å². The fourth-order valence-corrected chi connectivity index (χ4v) is 2.47. The van der Waals surface area contributed by atoms with E-state index >= 15 is 0 Å². The molecule has 110 valence electrons. The second-order valence-electron chi connectivity index (χ2n) is 5.16. The van der Waals surface area contributed by atoms with Crippen molar-refractivity contribution in [1.29, 1.82) is 0 Å². The monoisotopic (exact) mass is 277 g/mol. The summed E-state index contributed by atoms with van der Waals surface area (Å²) >= 11 is 0. The Bertz CT molecular complexity index is 456. The van der Waals surface area contributed by atoms with Gasteiger partial charge in [0.1, 0.15) is 5.82 Å². The van der Waals surface area contributed by atoms with Crippen LogP contribution in [0.15, 0.2) is 12.1 Å². The van der Waals surface area contributed by atoms with Crippen molar-refractivity contribution in [3.63, 3.8) is 0 Å². The van der Waals surface area contributed by atoms with Gasteiger partial charge in [-0.3, -0.25) is 4.79 Å². The minimum absolute atomic E-state index is 0.121. The normalized spacial score (nSPS) is 15.4. The zero-order valence-corrected chi connectivity index (χ0v) is 12.0. The molecule has 1 aromatic heterocycles. The van der Waals surface area contributed by atoms with Gasteiger partial charge in [0.15, 0.2) is 0 Å². The van der Waals surface area contributed by atoms with Gasteiger partial charge < -0.3 is 15.8 Å². The Labute approximate surface area is 119 Å². The highest BCUT2D eigenvalue weighted by Crippen LogP contribution is 2.20. The first-order valence-corrected chi connectivity index (χ1v) is 7.35. The number of aryl methyl sites for hydroxylation is 1. The number of hydrogen-bond acceptors (Lipinski definition) is 4. The van der Waals surface area contributed by atoms with Crippen LogP contribution in [0.5, 0.6) is 0 Å². The molecule has 3 N–H and O–H groups in total. The van der Waals surface area contributed by atoms with Crippen LogP contribution in [0.4, 0.5) is 5.82 Å². The van der Waals surface area contributed by atoms with E-state index in [9.17, 15) is 4.79 Å². The average molecular weight is 277 g/mol. The third-order valence-corrected chi connectivity index (χ3v) is 3.57. The molecule has 1 fully saturated rings. The number of amides is 1. The van der Waals surface area contributed by atoms with Crippen molar-refractivity contribution in [2.24, 2.45) is 0 Å². The summed E-state index contributed by atoms with van der Waals surface area (Å²) in [6.07, 6.45) is 5.95. The Hall–Kier alpha value is -1.62. The van der Waals surface area contributed by atoms with Gasteiger partial charge in [-0.1, -0.05) is 19.8 Å². The molecule has 0 atom stereocenters. The molecule has 0 unspecified atom stereocenters.